The maximum Gasteiger partial charge on any atom is 0.573 e. The molecule has 0 saturated carbocycles. The van der Waals surface area contributed by atoms with Gasteiger partial charge in [-0.2, -0.15) is 0 Å². The zero-order chi connectivity index (χ0) is 15.7. The van der Waals surface area contributed by atoms with Crippen molar-refractivity contribution in [2.24, 2.45) is 0 Å². The largest absolute Gasteiger partial charge is 0.573 e. The summed E-state index contributed by atoms with van der Waals surface area (Å²) in [7, 11) is 0. The molecule has 110 valence electrons. The van der Waals surface area contributed by atoms with E-state index in [4.69, 9.17) is 11.6 Å². The number of carbonyl (C=O) groups is 1. The topological polar surface area (TPSA) is 82.3 Å². The van der Waals surface area contributed by atoms with E-state index in [1.165, 1.54) is 0 Å². The Morgan fingerprint density at radius 3 is 2.35 bits per heavy atom. The van der Waals surface area contributed by atoms with Crippen molar-refractivity contribution in [2.45, 2.75) is 12.8 Å². The maximum atomic E-state index is 12.4. The highest BCUT2D eigenvalue weighted by Gasteiger charge is 2.39. The minimum atomic E-state index is -5.40. The van der Waals surface area contributed by atoms with Crippen LogP contribution in [-0.2, 0) is 0 Å². The molecule has 1 aromatic rings. The van der Waals surface area contributed by atoms with Gasteiger partial charge in [-0.25, -0.2) is 8.78 Å². The Morgan fingerprint density at radius 2 is 2.00 bits per heavy atom. The quantitative estimate of drug-likeness (QED) is 0.368. The summed E-state index contributed by atoms with van der Waals surface area (Å²) in [4.78, 5) is 22.7. The van der Waals surface area contributed by atoms with Crippen LogP contribution in [0.3, 0.4) is 0 Å². The number of rotatable bonds is 4. The van der Waals surface area contributed by atoms with Crippen LogP contribution in [0.2, 0.25) is 0 Å². The molecule has 0 aromatic carbocycles. The predicted molar refractivity (Wildman–Crippen MR) is 52.7 cm³/mol. The minimum absolute atomic E-state index is 0.189. The molecular formula is C8H2ClF5N2O4. The molecule has 0 fully saturated rings. The van der Waals surface area contributed by atoms with Crippen molar-refractivity contribution in [3.05, 3.63) is 27.4 Å². The molecule has 1 heterocycles. The molecule has 0 spiro atoms. The van der Waals surface area contributed by atoms with Gasteiger partial charge in [0.05, 0.1) is 5.56 Å². The van der Waals surface area contributed by atoms with Crippen molar-refractivity contribution >= 4 is 22.7 Å². The zero-order valence-electron chi connectivity index (χ0n) is 8.95. The van der Waals surface area contributed by atoms with E-state index in [2.05, 4.69) is 9.72 Å². The van der Waals surface area contributed by atoms with E-state index in [0.717, 1.165) is 0 Å². The molecule has 0 radical (unpaired) electrons. The highest BCUT2D eigenvalue weighted by Crippen LogP contribution is 2.37. The van der Waals surface area contributed by atoms with Gasteiger partial charge < -0.3 is 14.9 Å². The molecule has 0 N–H and O–H groups in total. The molecule has 0 amide bonds. The van der Waals surface area contributed by atoms with Crippen LogP contribution in [0.4, 0.5) is 27.8 Å². The van der Waals surface area contributed by atoms with Crippen molar-refractivity contribution in [1.29, 1.82) is 0 Å². The van der Waals surface area contributed by atoms with E-state index in [1.54, 1.807) is 0 Å². The second kappa shape index (κ2) is 5.53. The molecular weight excluding hydrogens is 319 g/mol. The molecule has 0 bridgehead atoms. The van der Waals surface area contributed by atoms with Crippen LogP contribution in [0, 0.1) is 10.1 Å². The van der Waals surface area contributed by atoms with E-state index in [1.807, 2.05) is 0 Å². The fourth-order valence-electron chi connectivity index (χ4n) is 1.14. The molecule has 6 nitrogen and oxygen atoms in total. The van der Waals surface area contributed by atoms with Gasteiger partial charge in [-0.1, -0.05) is 0 Å². The van der Waals surface area contributed by atoms with Gasteiger partial charge in [-0.05, 0) is 21.5 Å². The van der Waals surface area contributed by atoms with Gasteiger partial charge in [0.25, 0.3) is 5.24 Å². The third kappa shape index (κ3) is 3.73. The average molecular weight is 321 g/mol. The van der Waals surface area contributed by atoms with E-state index in [9.17, 15) is 36.9 Å². The fourth-order valence-corrected chi connectivity index (χ4v) is 1.28. The Balaban J connectivity index is 3.59. The van der Waals surface area contributed by atoms with Gasteiger partial charge in [-0.3, -0.25) is 4.79 Å². The number of halogens is 6. The Morgan fingerprint density at radius 1 is 1.45 bits per heavy atom. The summed E-state index contributed by atoms with van der Waals surface area (Å²) in [6, 6.07) is 0.189. The van der Waals surface area contributed by atoms with Gasteiger partial charge in [0.15, 0.2) is 0 Å². The summed E-state index contributed by atoms with van der Waals surface area (Å²) in [5.41, 5.74) is -2.52. The highest BCUT2D eigenvalue weighted by atomic mass is 35.5. The maximum absolute atomic E-state index is 12.4. The first-order chi connectivity index (χ1) is 9.03. The molecule has 0 unspecified atom stereocenters. The number of nitrogens with zero attached hydrogens (tertiary/aromatic N) is 2. The number of carbonyl (C=O) groups excluding carboxylic acids is 1. The van der Waals surface area contributed by atoms with Crippen molar-refractivity contribution < 1.29 is 36.4 Å². The fraction of sp³-hybridized carbons (Fsp3) is 0.250. The summed E-state index contributed by atoms with van der Waals surface area (Å²) in [5.74, 6) is -3.34. The second-order valence-corrected chi connectivity index (χ2v) is 3.47. The first kappa shape index (κ1) is 16.0. The lowest BCUT2D eigenvalue weighted by atomic mass is 10.2. The third-order valence-corrected chi connectivity index (χ3v) is 2.00. The molecule has 0 aliphatic rings. The standard InChI is InChI=1S/C8H2ClF5N2O4/c9-5(17)2-1-3(6(10)11)15-7(16(18)19)4(2)20-8(12,13)14/h1,6H. The lowest BCUT2D eigenvalue weighted by molar-refractivity contribution is -0.393. The normalized spacial score (nSPS) is 11.6. The molecule has 0 aliphatic carbocycles. The SMILES string of the molecule is O=C(Cl)c1cc(C(F)F)nc([N+](=O)[O-])c1OC(F)(F)F. The second-order valence-electron chi connectivity index (χ2n) is 3.13. The molecule has 20 heavy (non-hydrogen) atoms. The van der Waals surface area contributed by atoms with Crippen LogP contribution in [0.5, 0.6) is 5.75 Å². The minimum Gasteiger partial charge on any atom is -0.396 e. The Bertz CT molecular complexity index is 527. The summed E-state index contributed by atoms with van der Waals surface area (Å²) >= 11 is 4.91. The van der Waals surface area contributed by atoms with Gasteiger partial charge in [0.2, 0.25) is 11.4 Å². The number of ether oxygens (including phenoxy) is 1. The smallest absolute Gasteiger partial charge is 0.396 e. The molecule has 1 rings (SSSR count). The molecule has 1 aromatic heterocycles. The Kier molecular flexibility index (Phi) is 4.43. The van der Waals surface area contributed by atoms with Gasteiger partial charge in [0.1, 0.15) is 0 Å². The van der Waals surface area contributed by atoms with Crippen LogP contribution in [0.15, 0.2) is 6.07 Å². The van der Waals surface area contributed by atoms with Gasteiger partial charge in [-0.15, -0.1) is 13.2 Å². The first-order valence-corrected chi connectivity index (χ1v) is 4.83. The van der Waals surface area contributed by atoms with Crippen LogP contribution in [0.1, 0.15) is 22.5 Å². The van der Waals surface area contributed by atoms with Gasteiger partial charge >= 0.3 is 18.6 Å². The van der Waals surface area contributed by atoms with Crippen LogP contribution in [0.25, 0.3) is 0 Å². The van der Waals surface area contributed by atoms with Crippen molar-refractivity contribution in [3.8, 4) is 5.75 Å². The van der Waals surface area contributed by atoms with Gasteiger partial charge in [0, 0.05) is 6.07 Å². The zero-order valence-corrected chi connectivity index (χ0v) is 9.71. The molecule has 0 aliphatic heterocycles. The summed E-state index contributed by atoms with van der Waals surface area (Å²) in [5, 5.41) is 8.91. The van der Waals surface area contributed by atoms with Crippen molar-refractivity contribution in [3.63, 3.8) is 0 Å². The summed E-state index contributed by atoms with van der Waals surface area (Å²) in [6.07, 6.45) is -8.76. The van der Waals surface area contributed by atoms with Crippen LogP contribution >= 0.6 is 11.6 Å². The average Bonchev–Trinajstić information content (AvgIpc) is 2.25. The lowest BCUT2D eigenvalue weighted by Gasteiger charge is -2.11. The Hall–Kier alpha value is -2.04. The number of hydrogen-bond donors (Lipinski definition) is 0. The number of alkyl halides is 5. The van der Waals surface area contributed by atoms with E-state index >= 15 is 0 Å². The third-order valence-electron chi connectivity index (χ3n) is 1.80. The van der Waals surface area contributed by atoms with Crippen LogP contribution in [-0.4, -0.2) is 21.5 Å². The van der Waals surface area contributed by atoms with E-state index in [0.29, 0.717) is 0 Å². The number of hydrogen-bond acceptors (Lipinski definition) is 5. The van der Waals surface area contributed by atoms with E-state index in [-0.39, 0.29) is 6.07 Å². The van der Waals surface area contributed by atoms with Crippen LogP contribution < -0.4 is 4.74 Å². The molecule has 12 heteroatoms. The van der Waals surface area contributed by atoms with Crippen molar-refractivity contribution in [2.75, 3.05) is 0 Å². The predicted octanol–water partition coefficient (Wildman–Crippen LogP) is 3.21. The molecule has 0 atom stereocenters. The van der Waals surface area contributed by atoms with E-state index < -0.39 is 45.8 Å². The monoisotopic (exact) mass is 320 g/mol. The summed E-state index contributed by atoms with van der Waals surface area (Å²) in [6.45, 7) is 0. The van der Waals surface area contributed by atoms with Crippen molar-refractivity contribution in [1.82, 2.24) is 4.98 Å². The number of aromatic nitrogens is 1. The highest BCUT2D eigenvalue weighted by molar-refractivity contribution is 6.68. The molecule has 0 saturated heterocycles. The number of pyridine rings is 1. The summed E-state index contributed by atoms with van der Waals surface area (Å²) < 4.78 is 64.4. The number of nitro groups is 1. The lowest BCUT2D eigenvalue weighted by Crippen LogP contribution is -2.20. The Labute approximate surface area is 111 Å². The first-order valence-electron chi connectivity index (χ1n) is 4.46.